The number of nitrogens with one attached hydrogen (secondary N) is 2. The summed E-state index contributed by atoms with van der Waals surface area (Å²) < 4.78 is 0. The second kappa shape index (κ2) is 7.81. The van der Waals surface area contributed by atoms with E-state index in [0.29, 0.717) is 22.5 Å². The van der Waals surface area contributed by atoms with Crippen molar-refractivity contribution in [1.29, 1.82) is 0 Å². The molecule has 1 atom stereocenters. The smallest absolute Gasteiger partial charge is 0.260 e. The second-order valence-corrected chi connectivity index (χ2v) is 6.11. The molecule has 0 saturated carbocycles. The van der Waals surface area contributed by atoms with Gasteiger partial charge in [0.25, 0.3) is 5.91 Å². The number of nitrogens with zero attached hydrogens (tertiary/aromatic N) is 2. The Morgan fingerprint density at radius 3 is 2.32 bits per heavy atom. The summed E-state index contributed by atoms with van der Waals surface area (Å²) in [6, 6.07) is 15.8. The Balaban J connectivity index is 1.41. The van der Waals surface area contributed by atoms with Crippen molar-refractivity contribution in [2.45, 2.75) is 6.10 Å². The molecule has 3 aromatic rings. The van der Waals surface area contributed by atoms with Crippen LogP contribution < -0.4 is 10.8 Å². The van der Waals surface area contributed by atoms with Crippen molar-refractivity contribution < 1.29 is 14.4 Å². The molecule has 7 nitrogen and oxygen atoms in total. The van der Waals surface area contributed by atoms with Crippen molar-refractivity contribution in [2.24, 2.45) is 0 Å². The number of hydrogen-bond acceptors (Lipinski definition) is 6. The largest absolute Gasteiger partial charge is 0.323 e. The van der Waals surface area contributed by atoms with E-state index in [1.165, 1.54) is 6.33 Å². The molecular formula is C21H16N4O3. The maximum Gasteiger partial charge on any atom is 0.260 e. The number of amides is 1. The molecule has 4 rings (SSSR count). The van der Waals surface area contributed by atoms with Crippen LogP contribution in [0.5, 0.6) is 0 Å². The molecular weight excluding hydrogens is 356 g/mol. The van der Waals surface area contributed by atoms with Crippen molar-refractivity contribution in [3.8, 4) is 0 Å². The number of rotatable bonds is 5. The van der Waals surface area contributed by atoms with Crippen LogP contribution in [0.15, 0.2) is 79.4 Å². The molecule has 28 heavy (non-hydrogen) atoms. The molecule has 7 heteroatoms. The summed E-state index contributed by atoms with van der Waals surface area (Å²) in [6.07, 6.45) is 5.54. The summed E-state index contributed by atoms with van der Waals surface area (Å²) in [5.74, 6) is -0.402. The number of aromatic nitrogens is 2. The van der Waals surface area contributed by atoms with Gasteiger partial charge < -0.3 is 5.32 Å². The normalized spacial score (nSPS) is 15.4. The highest BCUT2D eigenvalue weighted by atomic mass is 16.7. The maximum absolute atomic E-state index is 12.4. The van der Waals surface area contributed by atoms with Crippen LogP contribution in [0.1, 0.15) is 21.5 Å². The summed E-state index contributed by atoms with van der Waals surface area (Å²) in [4.78, 5) is 38.0. The lowest BCUT2D eigenvalue weighted by Gasteiger charge is -2.09. The Labute approximate surface area is 161 Å². The first-order valence-corrected chi connectivity index (χ1v) is 8.60. The molecule has 1 aliphatic rings. The molecule has 0 saturated heterocycles. The summed E-state index contributed by atoms with van der Waals surface area (Å²) in [7, 11) is 0. The van der Waals surface area contributed by atoms with Crippen LogP contribution in [-0.2, 0) is 9.63 Å². The monoisotopic (exact) mass is 372 g/mol. The first-order chi connectivity index (χ1) is 13.7. The van der Waals surface area contributed by atoms with Crippen LogP contribution in [0.25, 0.3) is 5.70 Å². The highest BCUT2D eigenvalue weighted by Crippen LogP contribution is 2.19. The third-order valence-corrected chi connectivity index (χ3v) is 4.19. The van der Waals surface area contributed by atoms with Gasteiger partial charge in [-0.2, -0.15) is 0 Å². The molecule has 0 spiro atoms. The molecule has 0 bridgehead atoms. The molecule has 138 valence electrons. The van der Waals surface area contributed by atoms with Crippen molar-refractivity contribution in [1.82, 2.24) is 15.4 Å². The lowest BCUT2D eigenvalue weighted by Crippen LogP contribution is -2.28. The zero-order chi connectivity index (χ0) is 19.3. The topological polar surface area (TPSA) is 93.2 Å². The highest BCUT2D eigenvalue weighted by molar-refractivity contribution is 6.09. The predicted molar refractivity (Wildman–Crippen MR) is 103 cm³/mol. The first kappa shape index (κ1) is 17.6. The summed E-state index contributed by atoms with van der Waals surface area (Å²) in [6.45, 7) is 0. The summed E-state index contributed by atoms with van der Waals surface area (Å²) in [5.41, 5.74) is 5.80. The highest BCUT2D eigenvalue weighted by Gasteiger charge is 2.25. The number of carbonyl (C=O) groups excluding carboxylic acids is 2. The van der Waals surface area contributed by atoms with Gasteiger partial charge in [0, 0.05) is 34.8 Å². The van der Waals surface area contributed by atoms with E-state index in [4.69, 9.17) is 4.84 Å². The molecule has 1 amide bonds. The number of anilines is 1. The average Bonchev–Trinajstić information content (AvgIpc) is 3.26. The van der Waals surface area contributed by atoms with Gasteiger partial charge in [0.2, 0.25) is 0 Å². The Morgan fingerprint density at radius 2 is 1.61 bits per heavy atom. The molecule has 2 heterocycles. The standard InChI is InChI=1S/C21H16N4O3/c26-20(14-4-2-1-3-5-14)15-6-8-17(9-7-15)24-21(27)19-10-18(25-28-19)16-11-22-13-23-12-16/h1-13,19,25H,(H,24,27). The minimum Gasteiger partial charge on any atom is -0.323 e. The molecule has 2 N–H and O–H groups in total. The van der Waals surface area contributed by atoms with E-state index in [9.17, 15) is 9.59 Å². The molecule has 2 aromatic carbocycles. The van der Waals surface area contributed by atoms with Crippen molar-refractivity contribution >= 4 is 23.1 Å². The minimum absolute atomic E-state index is 0.0699. The third kappa shape index (κ3) is 3.79. The van der Waals surface area contributed by atoms with Gasteiger partial charge in [-0.15, -0.1) is 0 Å². The molecule has 0 aliphatic carbocycles. The Bertz CT molecular complexity index is 1020. The van der Waals surface area contributed by atoms with Crippen LogP contribution in [0.4, 0.5) is 5.69 Å². The quantitative estimate of drug-likeness (QED) is 0.669. The molecule has 0 fully saturated rings. The van der Waals surface area contributed by atoms with E-state index in [-0.39, 0.29) is 11.7 Å². The number of ketones is 1. The average molecular weight is 372 g/mol. The van der Waals surface area contributed by atoms with Gasteiger partial charge in [-0.05, 0) is 30.3 Å². The molecule has 1 unspecified atom stereocenters. The summed E-state index contributed by atoms with van der Waals surface area (Å²) >= 11 is 0. The zero-order valence-corrected chi connectivity index (χ0v) is 14.7. The van der Waals surface area contributed by atoms with Crippen molar-refractivity contribution in [3.63, 3.8) is 0 Å². The zero-order valence-electron chi connectivity index (χ0n) is 14.7. The van der Waals surface area contributed by atoms with E-state index in [0.717, 1.165) is 5.56 Å². The number of benzene rings is 2. The van der Waals surface area contributed by atoms with Gasteiger partial charge in [-0.25, -0.2) is 9.97 Å². The van der Waals surface area contributed by atoms with Crippen LogP contribution in [0.3, 0.4) is 0 Å². The lowest BCUT2D eigenvalue weighted by atomic mass is 10.0. The molecule has 1 aliphatic heterocycles. The molecule has 0 radical (unpaired) electrons. The minimum atomic E-state index is -0.791. The third-order valence-electron chi connectivity index (χ3n) is 4.19. The van der Waals surface area contributed by atoms with Gasteiger partial charge in [0.1, 0.15) is 6.33 Å². The van der Waals surface area contributed by atoms with E-state index in [1.54, 1.807) is 54.9 Å². The van der Waals surface area contributed by atoms with Crippen LogP contribution >= 0.6 is 0 Å². The number of hydroxylamine groups is 1. The van der Waals surface area contributed by atoms with Crippen LogP contribution in [-0.4, -0.2) is 27.8 Å². The van der Waals surface area contributed by atoms with Crippen molar-refractivity contribution in [3.05, 3.63) is 96.1 Å². The van der Waals surface area contributed by atoms with Gasteiger partial charge >= 0.3 is 0 Å². The van der Waals surface area contributed by atoms with Gasteiger partial charge in [0.15, 0.2) is 11.9 Å². The SMILES string of the molecule is O=C(c1ccccc1)c1ccc(NC(=O)C2C=C(c3cncnc3)NO2)cc1. The number of hydrogen-bond donors (Lipinski definition) is 2. The second-order valence-electron chi connectivity index (χ2n) is 6.11. The Kier molecular flexibility index (Phi) is 4.90. The number of carbonyl (C=O) groups is 2. The van der Waals surface area contributed by atoms with Gasteiger partial charge in [-0.1, -0.05) is 30.3 Å². The fraction of sp³-hybridized carbons (Fsp3) is 0.0476. The summed E-state index contributed by atoms with van der Waals surface area (Å²) in [5, 5.41) is 2.77. The fourth-order valence-electron chi connectivity index (χ4n) is 2.74. The van der Waals surface area contributed by atoms with E-state index in [2.05, 4.69) is 20.8 Å². The fourth-order valence-corrected chi connectivity index (χ4v) is 2.74. The predicted octanol–water partition coefficient (Wildman–Crippen LogP) is 2.59. The lowest BCUT2D eigenvalue weighted by molar-refractivity contribution is -0.125. The Hall–Kier alpha value is -3.84. The maximum atomic E-state index is 12.4. The van der Waals surface area contributed by atoms with Crippen LogP contribution in [0.2, 0.25) is 0 Å². The Morgan fingerprint density at radius 1 is 0.929 bits per heavy atom. The van der Waals surface area contributed by atoms with Crippen LogP contribution in [0, 0.1) is 0 Å². The van der Waals surface area contributed by atoms with E-state index < -0.39 is 6.10 Å². The van der Waals surface area contributed by atoms with Gasteiger partial charge in [-0.3, -0.25) is 19.9 Å². The van der Waals surface area contributed by atoms with E-state index >= 15 is 0 Å². The van der Waals surface area contributed by atoms with Crippen molar-refractivity contribution in [2.75, 3.05) is 5.32 Å². The molecule has 1 aromatic heterocycles. The van der Waals surface area contributed by atoms with E-state index in [1.807, 2.05) is 18.2 Å². The van der Waals surface area contributed by atoms with Gasteiger partial charge in [0.05, 0.1) is 5.70 Å². The first-order valence-electron chi connectivity index (χ1n) is 8.60.